The van der Waals surface area contributed by atoms with E-state index in [0.29, 0.717) is 0 Å². The van der Waals surface area contributed by atoms with Crippen molar-refractivity contribution in [2.75, 3.05) is 5.32 Å². The van der Waals surface area contributed by atoms with E-state index in [1.54, 1.807) is 0 Å². The number of para-hydroxylation sites is 5. The van der Waals surface area contributed by atoms with Crippen LogP contribution < -0.4 is 10.6 Å². The summed E-state index contributed by atoms with van der Waals surface area (Å²) in [6.07, 6.45) is -0.291. The van der Waals surface area contributed by atoms with Crippen LogP contribution in [-0.2, 0) is 0 Å². The van der Waals surface area contributed by atoms with E-state index in [-0.39, 0.29) is 12.3 Å². The first kappa shape index (κ1) is 33.6. The van der Waals surface area contributed by atoms with Gasteiger partial charge in [0.1, 0.15) is 0 Å². The molecule has 2 atom stereocenters. The molecular weight excluding hydrogens is 767 g/mol. The molecule has 63 heavy (non-hydrogen) atoms. The Hall–Kier alpha value is -8.12. The lowest BCUT2D eigenvalue weighted by molar-refractivity contribution is 0.417. The van der Waals surface area contributed by atoms with Gasteiger partial charge in [0.15, 0.2) is 6.29 Å². The van der Waals surface area contributed by atoms with Crippen molar-refractivity contribution in [2.24, 2.45) is 0 Å². The molecule has 4 aromatic heterocycles. The van der Waals surface area contributed by atoms with Gasteiger partial charge in [0.2, 0.25) is 0 Å². The second-order valence-electron chi connectivity index (χ2n) is 17.3. The molecule has 5 heteroatoms. The number of aromatic nitrogens is 3. The van der Waals surface area contributed by atoms with E-state index in [4.69, 9.17) is 0 Å². The third-order valence-electron chi connectivity index (χ3n) is 14.2. The highest BCUT2D eigenvalue weighted by Gasteiger charge is 2.33. The number of anilines is 1. The molecule has 10 aromatic carbocycles. The molecule has 5 nitrogen and oxygen atoms in total. The number of fused-ring (bicyclic) bond motifs is 18. The Morgan fingerprint density at radius 3 is 1.84 bits per heavy atom. The van der Waals surface area contributed by atoms with Crippen LogP contribution in [0.15, 0.2) is 200 Å². The van der Waals surface area contributed by atoms with Crippen LogP contribution in [0.25, 0.3) is 109 Å². The summed E-state index contributed by atoms with van der Waals surface area (Å²) in [5.41, 5.74) is 13.3. The Kier molecular flexibility index (Phi) is 6.53. The van der Waals surface area contributed by atoms with E-state index in [1.807, 2.05) is 0 Å². The maximum Gasteiger partial charge on any atom is 0.160 e. The van der Waals surface area contributed by atoms with Crippen molar-refractivity contribution in [1.82, 2.24) is 18.9 Å². The van der Waals surface area contributed by atoms with Gasteiger partial charge in [0.05, 0.1) is 44.7 Å². The molecular formula is C58H37N5. The first-order valence-electron chi connectivity index (χ1n) is 21.9. The van der Waals surface area contributed by atoms with Crippen molar-refractivity contribution >= 4 is 109 Å². The van der Waals surface area contributed by atoms with Gasteiger partial charge in [-0.2, -0.15) is 0 Å². The van der Waals surface area contributed by atoms with E-state index in [0.717, 1.165) is 11.4 Å². The third-order valence-corrected chi connectivity index (χ3v) is 14.2. The third kappa shape index (κ3) is 4.38. The number of nitrogens with one attached hydrogen (secondary N) is 2. The van der Waals surface area contributed by atoms with Gasteiger partial charge < -0.3 is 18.9 Å². The maximum atomic E-state index is 4.24. The van der Waals surface area contributed by atoms with Crippen LogP contribution in [0.4, 0.5) is 5.69 Å². The highest BCUT2D eigenvalue weighted by Crippen LogP contribution is 2.50. The van der Waals surface area contributed by atoms with Gasteiger partial charge in [-0.3, -0.25) is 5.32 Å². The van der Waals surface area contributed by atoms with E-state index in [1.165, 1.54) is 114 Å². The fourth-order valence-corrected chi connectivity index (χ4v) is 11.6. The van der Waals surface area contributed by atoms with Crippen molar-refractivity contribution in [2.45, 2.75) is 12.3 Å². The number of rotatable bonds is 3. The first-order valence-corrected chi connectivity index (χ1v) is 21.9. The summed E-state index contributed by atoms with van der Waals surface area (Å²) in [4.78, 5) is 0. The van der Waals surface area contributed by atoms with Crippen molar-refractivity contribution in [1.29, 1.82) is 0 Å². The SMILES string of the molecule is c1ccc(-n2c3ccccc3c3cc(C4NC(n5c6ccccc6c6c7ccccc7c7c8cccc9c%10cc%11ccccc%11cc%10n(c98)c7c65)Nc5ccccc54)ccc32)cc1. The van der Waals surface area contributed by atoms with E-state index >= 15 is 0 Å². The minimum atomic E-state index is -0.291. The molecule has 2 unspecified atom stereocenters. The lowest BCUT2D eigenvalue weighted by Crippen LogP contribution is -2.40. The lowest BCUT2D eigenvalue weighted by Gasteiger charge is -2.36. The fraction of sp³-hybridized carbons (Fsp3) is 0.0345. The van der Waals surface area contributed by atoms with Crippen molar-refractivity contribution in [3.63, 3.8) is 0 Å². The molecule has 0 radical (unpaired) electrons. The highest BCUT2D eigenvalue weighted by atomic mass is 15.3. The number of nitrogens with zero attached hydrogens (tertiary/aromatic N) is 3. The molecule has 0 saturated heterocycles. The van der Waals surface area contributed by atoms with E-state index in [2.05, 4.69) is 224 Å². The maximum absolute atomic E-state index is 4.24. The number of benzene rings is 10. The highest BCUT2D eigenvalue weighted by molar-refractivity contribution is 6.38. The normalized spacial score (nSPS) is 15.7. The summed E-state index contributed by atoms with van der Waals surface area (Å²) in [6.45, 7) is 0. The molecule has 2 N–H and O–H groups in total. The monoisotopic (exact) mass is 803 g/mol. The molecule has 0 spiro atoms. The van der Waals surface area contributed by atoms with Crippen molar-refractivity contribution in [3.8, 4) is 5.69 Å². The first-order chi connectivity index (χ1) is 31.3. The van der Waals surface area contributed by atoms with Crippen LogP contribution in [0, 0.1) is 0 Å². The predicted octanol–water partition coefficient (Wildman–Crippen LogP) is 14.6. The average Bonchev–Trinajstić information content (AvgIpc) is 4.08. The molecule has 294 valence electrons. The van der Waals surface area contributed by atoms with E-state index < -0.39 is 0 Å². The van der Waals surface area contributed by atoms with Crippen LogP contribution in [0.2, 0.25) is 0 Å². The Morgan fingerprint density at radius 1 is 0.381 bits per heavy atom. The molecule has 0 saturated carbocycles. The van der Waals surface area contributed by atoms with Gasteiger partial charge in [0, 0.05) is 54.5 Å². The second kappa shape index (κ2) is 12.3. The molecule has 0 aliphatic carbocycles. The minimum Gasteiger partial charge on any atom is -0.352 e. The zero-order chi connectivity index (χ0) is 40.9. The second-order valence-corrected chi connectivity index (χ2v) is 17.3. The Balaban J connectivity index is 1.04. The summed E-state index contributed by atoms with van der Waals surface area (Å²) in [6, 6.07) is 73.9. The predicted molar refractivity (Wildman–Crippen MR) is 264 cm³/mol. The molecule has 15 rings (SSSR count). The van der Waals surface area contributed by atoms with Crippen LogP contribution >= 0.6 is 0 Å². The Bertz CT molecular complexity index is 4230. The zero-order valence-corrected chi connectivity index (χ0v) is 34.0. The molecule has 1 aliphatic rings. The summed E-state index contributed by atoms with van der Waals surface area (Å²) in [5.74, 6) is 0. The van der Waals surface area contributed by atoms with Gasteiger partial charge in [0.25, 0.3) is 0 Å². The van der Waals surface area contributed by atoms with Crippen molar-refractivity contribution in [3.05, 3.63) is 211 Å². The molecule has 0 amide bonds. The molecule has 5 heterocycles. The Labute approximate surface area is 360 Å². The quantitative estimate of drug-likeness (QED) is 0.187. The summed E-state index contributed by atoms with van der Waals surface area (Å²) < 4.78 is 7.56. The van der Waals surface area contributed by atoms with Gasteiger partial charge in [-0.25, -0.2) is 0 Å². The molecule has 1 aliphatic heterocycles. The van der Waals surface area contributed by atoms with Crippen LogP contribution in [0.3, 0.4) is 0 Å². The largest absolute Gasteiger partial charge is 0.352 e. The average molecular weight is 804 g/mol. The minimum absolute atomic E-state index is 0.0944. The number of hydrogen-bond donors (Lipinski definition) is 2. The molecule has 0 bridgehead atoms. The van der Waals surface area contributed by atoms with Gasteiger partial charge in [-0.1, -0.05) is 146 Å². The standard InChI is InChI=1S/C58H37N5/c1-2-17-37(18-3-1)61-48-27-12-9-19-38(48)45-32-36(29-30-50(45)61)54-42-22-8-11-26-47(42)59-58(60-54)63-49-28-13-10-23-43(49)52-39-20-6-7-21-40(39)53-44-25-14-24-41-46-31-34-15-4-5-16-35(34)33-51(46)62(55(41)44)56(53)57(52)63/h1-33,54,58-60H. The van der Waals surface area contributed by atoms with Crippen LogP contribution in [-0.4, -0.2) is 13.5 Å². The molecule has 14 aromatic rings. The van der Waals surface area contributed by atoms with Gasteiger partial charge in [-0.05, 0) is 87.3 Å². The van der Waals surface area contributed by atoms with Crippen LogP contribution in [0.5, 0.6) is 0 Å². The lowest BCUT2D eigenvalue weighted by atomic mass is 9.94. The van der Waals surface area contributed by atoms with Gasteiger partial charge >= 0.3 is 0 Å². The smallest absolute Gasteiger partial charge is 0.160 e. The summed E-state index contributed by atoms with van der Waals surface area (Å²) in [5, 5.41) is 23.5. The zero-order valence-electron chi connectivity index (χ0n) is 34.0. The summed E-state index contributed by atoms with van der Waals surface area (Å²) >= 11 is 0. The Morgan fingerprint density at radius 2 is 1.00 bits per heavy atom. The topological polar surface area (TPSA) is 38.3 Å². The summed E-state index contributed by atoms with van der Waals surface area (Å²) in [7, 11) is 0. The fourth-order valence-electron chi connectivity index (χ4n) is 11.6. The van der Waals surface area contributed by atoms with Crippen molar-refractivity contribution < 1.29 is 0 Å². The number of hydrogen-bond acceptors (Lipinski definition) is 2. The van der Waals surface area contributed by atoms with Crippen LogP contribution in [0.1, 0.15) is 23.5 Å². The van der Waals surface area contributed by atoms with E-state index in [9.17, 15) is 0 Å². The molecule has 0 fully saturated rings. The van der Waals surface area contributed by atoms with Gasteiger partial charge in [-0.15, -0.1) is 0 Å².